The Bertz CT molecular complexity index is 351. The Balaban J connectivity index is 2.27. The van der Waals surface area contributed by atoms with Crippen molar-refractivity contribution < 1.29 is 0 Å². The smallest absolute Gasteiger partial charge is 0.0207 e. The van der Waals surface area contributed by atoms with E-state index >= 15 is 0 Å². The minimum atomic E-state index is 0.615. The van der Waals surface area contributed by atoms with Crippen LogP contribution in [0.1, 0.15) is 65.0 Å². The van der Waals surface area contributed by atoms with Crippen molar-refractivity contribution in [1.29, 1.82) is 0 Å². The molecule has 1 rings (SSSR count). The molecule has 1 aromatic carbocycles. The zero-order chi connectivity index (χ0) is 15.0. The molecule has 0 aliphatic heterocycles. The van der Waals surface area contributed by atoms with Gasteiger partial charge >= 0.3 is 0 Å². The van der Waals surface area contributed by atoms with Gasteiger partial charge in [-0.3, -0.25) is 0 Å². The van der Waals surface area contributed by atoms with E-state index in [0.29, 0.717) is 6.04 Å². The number of hydrogen-bond donors (Lipinski definition) is 1. The molecule has 0 heterocycles. The lowest BCUT2D eigenvalue weighted by Gasteiger charge is -2.15. The predicted octanol–water partition coefficient (Wildman–Crippen LogP) is 5.19. The summed E-state index contributed by atoms with van der Waals surface area (Å²) in [7, 11) is 0. The van der Waals surface area contributed by atoms with Gasteiger partial charge in [0.1, 0.15) is 0 Å². The fourth-order valence-corrected chi connectivity index (χ4v) is 2.49. The van der Waals surface area contributed by atoms with E-state index in [1.807, 2.05) is 0 Å². The molecule has 0 aromatic heterocycles. The lowest BCUT2D eigenvalue weighted by molar-refractivity contribution is 0.457. The first-order chi connectivity index (χ1) is 9.47. The van der Waals surface area contributed by atoms with Crippen molar-refractivity contribution in [2.75, 3.05) is 0 Å². The minimum Gasteiger partial charge on any atom is -0.310 e. The van der Waals surface area contributed by atoms with Gasteiger partial charge in [0, 0.05) is 12.6 Å². The van der Waals surface area contributed by atoms with Crippen molar-refractivity contribution in [2.45, 2.75) is 72.9 Å². The van der Waals surface area contributed by atoms with Crippen molar-refractivity contribution in [3.63, 3.8) is 0 Å². The predicted molar refractivity (Wildman–Crippen MR) is 90.0 cm³/mol. The average Bonchev–Trinajstić information content (AvgIpc) is 2.37. The van der Waals surface area contributed by atoms with Crippen LogP contribution < -0.4 is 5.32 Å². The average molecular weight is 275 g/mol. The molecule has 0 saturated carbocycles. The number of nitrogens with one attached hydrogen (secondary N) is 1. The van der Waals surface area contributed by atoms with Crippen LogP contribution in [0.5, 0.6) is 0 Å². The van der Waals surface area contributed by atoms with Crippen molar-refractivity contribution in [3.8, 4) is 0 Å². The Morgan fingerprint density at radius 2 is 1.40 bits per heavy atom. The lowest BCUT2D eigenvalue weighted by atomic mass is 10.0. The maximum absolute atomic E-state index is 3.63. The van der Waals surface area contributed by atoms with E-state index in [0.717, 1.165) is 18.4 Å². The van der Waals surface area contributed by atoms with Crippen molar-refractivity contribution in [2.24, 2.45) is 11.8 Å². The third-order valence-corrected chi connectivity index (χ3v) is 3.74. The van der Waals surface area contributed by atoms with Gasteiger partial charge in [0.05, 0.1) is 0 Å². The molecule has 0 fully saturated rings. The van der Waals surface area contributed by atoms with Crippen LogP contribution >= 0.6 is 0 Å². The molecule has 114 valence electrons. The van der Waals surface area contributed by atoms with Crippen molar-refractivity contribution in [1.82, 2.24) is 5.32 Å². The molecule has 1 nitrogen and oxygen atoms in total. The van der Waals surface area contributed by atoms with Crippen LogP contribution in [0.15, 0.2) is 24.3 Å². The van der Waals surface area contributed by atoms with Crippen molar-refractivity contribution >= 4 is 0 Å². The monoisotopic (exact) mass is 275 g/mol. The first kappa shape index (κ1) is 17.2. The summed E-state index contributed by atoms with van der Waals surface area (Å²) >= 11 is 0. The van der Waals surface area contributed by atoms with E-state index in [9.17, 15) is 0 Å². The summed E-state index contributed by atoms with van der Waals surface area (Å²) in [5, 5.41) is 3.63. The zero-order valence-electron chi connectivity index (χ0n) is 14.1. The molecule has 1 unspecified atom stereocenters. The summed E-state index contributed by atoms with van der Waals surface area (Å²) < 4.78 is 0. The van der Waals surface area contributed by atoms with Crippen LogP contribution in [0.2, 0.25) is 0 Å². The second-order valence-corrected chi connectivity index (χ2v) is 7.02. The van der Waals surface area contributed by atoms with E-state index in [1.165, 1.54) is 36.8 Å². The van der Waals surface area contributed by atoms with Crippen molar-refractivity contribution in [3.05, 3.63) is 35.4 Å². The Kier molecular flexibility index (Phi) is 7.91. The topological polar surface area (TPSA) is 12.0 Å². The molecule has 0 radical (unpaired) electrons. The molecular formula is C19H33N. The van der Waals surface area contributed by atoms with Crippen LogP contribution in [-0.2, 0) is 13.0 Å². The SMILES string of the molecule is CC(C)CCCC(C)NCc1ccc(CC(C)C)cc1. The largest absolute Gasteiger partial charge is 0.310 e. The molecule has 0 aliphatic rings. The van der Waals surface area contributed by atoms with E-state index in [-0.39, 0.29) is 0 Å². The summed E-state index contributed by atoms with van der Waals surface area (Å²) in [4.78, 5) is 0. The molecule has 0 bridgehead atoms. The molecule has 1 heteroatoms. The van der Waals surface area contributed by atoms with Crippen LogP contribution in [0, 0.1) is 11.8 Å². The van der Waals surface area contributed by atoms with E-state index in [4.69, 9.17) is 0 Å². The van der Waals surface area contributed by atoms with Crippen LogP contribution in [0.3, 0.4) is 0 Å². The van der Waals surface area contributed by atoms with Crippen LogP contribution in [-0.4, -0.2) is 6.04 Å². The summed E-state index contributed by atoms with van der Waals surface area (Å²) in [6.07, 6.45) is 5.14. The zero-order valence-corrected chi connectivity index (χ0v) is 14.1. The van der Waals surface area contributed by atoms with E-state index in [2.05, 4.69) is 64.2 Å². The van der Waals surface area contributed by atoms with Gasteiger partial charge in [0.15, 0.2) is 0 Å². The Hall–Kier alpha value is -0.820. The van der Waals surface area contributed by atoms with E-state index < -0.39 is 0 Å². The molecule has 20 heavy (non-hydrogen) atoms. The van der Waals surface area contributed by atoms with Crippen LogP contribution in [0.25, 0.3) is 0 Å². The molecule has 1 aromatic rings. The highest BCUT2D eigenvalue weighted by Gasteiger charge is 2.03. The highest BCUT2D eigenvalue weighted by atomic mass is 14.9. The maximum Gasteiger partial charge on any atom is 0.0207 e. The standard InChI is InChI=1S/C19H33N/c1-15(2)7-6-8-17(5)20-14-19-11-9-18(10-12-19)13-16(3)4/h9-12,15-17,20H,6-8,13-14H2,1-5H3. The molecule has 0 saturated heterocycles. The first-order valence-corrected chi connectivity index (χ1v) is 8.28. The molecule has 0 amide bonds. The minimum absolute atomic E-state index is 0.615. The Morgan fingerprint density at radius 3 is 1.95 bits per heavy atom. The first-order valence-electron chi connectivity index (χ1n) is 8.28. The summed E-state index contributed by atoms with van der Waals surface area (Å²) in [6.45, 7) is 12.4. The highest BCUT2D eigenvalue weighted by molar-refractivity contribution is 5.22. The third kappa shape index (κ3) is 7.69. The second kappa shape index (κ2) is 9.18. The van der Waals surface area contributed by atoms with Gasteiger partial charge in [0.25, 0.3) is 0 Å². The van der Waals surface area contributed by atoms with E-state index in [1.54, 1.807) is 0 Å². The molecule has 1 N–H and O–H groups in total. The third-order valence-electron chi connectivity index (χ3n) is 3.74. The summed E-state index contributed by atoms with van der Waals surface area (Å²) in [5.74, 6) is 1.57. The summed E-state index contributed by atoms with van der Waals surface area (Å²) in [6, 6.07) is 9.71. The second-order valence-electron chi connectivity index (χ2n) is 7.02. The van der Waals surface area contributed by atoms with Gasteiger partial charge in [0.2, 0.25) is 0 Å². The molecular weight excluding hydrogens is 242 g/mol. The van der Waals surface area contributed by atoms with Gasteiger partial charge in [-0.2, -0.15) is 0 Å². The van der Waals surface area contributed by atoms with Gasteiger partial charge in [-0.05, 0) is 42.7 Å². The number of benzene rings is 1. The van der Waals surface area contributed by atoms with Gasteiger partial charge in [-0.25, -0.2) is 0 Å². The molecule has 0 aliphatic carbocycles. The fraction of sp³-hybridized carbons (Fsp3) is 0.684. The van der Waals surface area contributed by atoms with Gasteiger partial charge < -0.3 is 5.32 Å². The van der Waals surface area contributed by atoms with Gasteiger partial charge in [-0.15, -0.1) is 0 Å². The molecule has 0 spiro atoms. The van der Waals surface area contributed by atoms with Crippen LogP contribution in [0.4, 0.5) is 0 Å². The number of rotatable bonds is 9. The molecule has 1 atom stereocenters. The summed E-state index contributed by atoms with van der Waals surface area (Å²) in [5.41, 5.74) is 2.85. The quantitative estimate of drug-likeness (QED) is 0.654. The Morgan fingerprint density at radius 1 is 0.800 bits per heavy atom. The normalized spacial score (nSPS) is 13.2. The number of hydrogen-bond acceptors (Lipinski definition) is 1. The fourth-order valence-electron chi connectivity index (χ4n) is 2.49. The maximum atomic E-state index is 3.63. The lowest BCUT2D eigenvalue weighted by Crippen LogP contribution is -2.25. The highest BCUT2D eigenvalue weighted by Crippen LogP contribution is 2.11. The Labute approximate surface area is 126 Å². The van der Waals surface area contributed by atoms with Gasteiger partial charge in [-0.1, -0.05) is 64.8 Å².